The lowest BCUT2D eigenvalue weighted by Gasteiger charge is -2.24. The summed E-state index contributed by atoms with van der Waals surface area (Å²) in [5.74, 6) is 1.20. The smallest absolute Gasteiger partial charge is 0.255 e. The summed E-state index contributed by atoms with van der Waals surface area (Å²) in [6.45, 7) is 3.09. The van der Waals surface area contributed by atoms with Crippen LogP contribution in [0.5, 0.6) is 0 Å². The maximum absolute atomic E-state index is 13.0. The van der Waals surface area contributed by atoms with Crippen molar-refractivity contribution in [2.45, 2.75) is 32.5 Å². The average molecular weight is 413 g/mol. The van der Waals surface area contributed by atoms with Crippen LogP contribution in [0.25, 0.3) is 5.82 Å². The van der Waals surface area contributed by atoms with Crippen molar-refractivity contribution in [1.82, 2.24) is 20.1 Å². The number of aromatic nitrogens is 3. The summed E-state index contributed by atoms with van der Waals surface area (Å²) in [6.07, 6.45) is 7.82. The third-order valence-electron chi connectivity index (χ3n) is 5.68. The van der Waals surface area contributed by atoms with Crippen molar-refractivity contribution < 1.29 is 9.21 Å². The highest BCUT2D eigenvalue weighted by Gasteiger charge is 2.28. The quantitative estimate of drug-likeness (QED) is 0.521. The summed E-state index contributed by atoms with van der Waals surface area (Å²) in [5.41, 5.74) is 3.97. The number of anilines is 1. The van der Waals surface area contributed by atoms with Gasteiger partial charge in [0.2, 0.25) is 0 Å². The van der Waals surface area contributed by atoms with E-state index in [2.05, 4.69) is 45.4 Å². The summed E-state index contributed by atoms with van der Waals surface area (Å²) in [4.78, 5) is 19.7. The fourth-order valence-corrected chi connectivity index (χ4v) is 4.13. The molecule has 0 spiro atoms. The van der Waals surface area contributed by atoms with Gasteiger partial charge in [-0.25, -0.2) is 9.67 Å². The first kappa shape index (κ1) is 19.1. The molecule has 156 valence electrons. The average Bonchev–Trinajstić information content (AvgIpc) is 3.54. The SMILES string of the molecule is CC1Cc2ccccc2N1Cc1occc1C(=O)NCc1cccnc1-n1cccn1. The molecule has 31 heavy (non-hydrogen) atoms. The van der Waals surface area contributed by atoms with Gasteiger partial charge in [0.05, 0.1) is 18.4 Å². The number of rotatable bonds is 6. The number of nitrogens with one attached hydrogen (secondary N) is 1. The first-order chi connectivity index (χ1) is 15.2. The van der Waals surface area contributed by atoms with E-state index in [9.17, 15) is 4.79 Å². The highest BCUT2D eigenvalue weighted by molar-refractivity contribution is 5.95. The molecule has 0 saturated heterocycles. The maximum atomic E-state index is 13.0. The largest absolute Gasteiger partial charge is 0.467 e. The molecule has 0 fully saturated rings. The molecular weight excluding hydrogens is 390 g/mol. The Kier molecular flexibility index (Phi) is 5.00. The number of carbonyl (C=O) groups is 1. The van der Waals surface area contributed by atoms with Crippen molar-refractivity contribution in [3.8, 4) is 5.82 Å². The van der Waals surface area contributed by atoms with Crippen LogP contribution in [-0.2, 0) is 19.5 Å². The van der Waals surface area contributed by atoms with E-state index in [-0.39, 0.29) is 5.91 Å². The fraction of sp³-hybridized carbons (Fsp3) is 0.208. The third-order valence-corrected chi connectivity index (χ3v) is 5.68. The summed E-state index contributed by atoms with van der Waals surface area (Å²) >= 11 is 0. The second-order valence-corrected chi connectivity index (χ2v) is 7.69. The van der Waals surface area contributed by atoms with Gasteiger partial charge in [-0.1, -0.05) is 24.3 Å². The van der Waals surface area contributed by atoms with Crippen LogP contribution in [0.1, 0.15) is 34.2 Å². The molecule has 4 heterocycles. The number of hydrogen-bond donors (Lipinski definition) is 1. The zero-order valence-corrected chi connectivity index (χ0v) is 17.2. The highest BCUT2D eigenvalue weighted by atomic mass is 16.3. The minimum absolute atomic E-state index is 0.167. The van der Waals surface area contributed by atoms with E-state index in [1.165, 1.54) is 11.3 Å². The van der Waals surface area contributed by atoms with Crippen LogP contribution in [0.2, 0.25) is 0 Å². The van der Waals surface area contributed by atoms with Gasteiger partial charge in [-0.2, -0.15) is 5.10 Å². The maximum Gasteiger partial charge on any atom is 0.255 e. The Labute approximate surface area is 180 Å². The second kappa shape index (κ2) is 8.10. The molecular formula is C24H23N5O2. The van der Waals surface area contributed by atoms with Gasteiger partial charge in [0, 0.05) is 42.4 Å². The Morgan fingerprint density at radius 1 is 1.16 bits per heavy atom. The van der Waals surface area contributed by atoms with Gasteiger partial charge < -0.3 is 14.6 Å². The number of furan rings is 1. The molecule has 0 bridgehead atoms. The molecule has 1 amide bonds. The van der Waals surface area contributed by atoms with Crippen LogP contribution in [0.3, 0.4) is 0 Å². The van der Waals surface area contributed by atoms with E-state index in [0.717, 1.165) is 12.0 Å². The minimum atomic E-state index is -0.167. The Morgan fingerprint density at radius 2 is 2.06 bits per heavy atom. The van der Waals surface area contributed by atoms with Crippen LogP contribution in [-0.4, -0.2) is 26.7 Å². The van der Waals surface area contributed by atoms with Crippen LogP contribution in [0.4, 0.5) is 5.69 Å². The monoisotopic (exact) mass is 413 g/mol. The molecule has 1 atom stereocenters. The first-order valence-electron chi connectivity index (χ1n) is 10.3. The van der Waals surface area contributed by atoms with E-state index < -0.39 is 0 Å². The fourth-order valence-electron chi connectivity index (χ4n) is 4.13. The molecule has 7 nitrogen and oxygen atoms in total. The molecule has 0 saturated carbocycles. The van der Waals surface area contributed by atoms with Gasteiger partial charge in [-0.3, -0.25) is 4.79 Å². The van der Waals surface area contributed by atoms with Crippen LogP contribution >= 0.6 is 0 Å². The Balaban J connectivity index is 1.31. The highest BCUT2D eigenvalue weighted by Crippen LogP contribution is 2.33. The van der Waals surface area contributed by atoms with E-state index in [0.29, 0.717) is 36.3 Å². The normalized spacial score (nSPS) is 15.1. The molecule has 0 radical (unpaired) electrons. The lowest BCUT2D eigenvalue weighted by molar-refractivity contribution is 0.0949. The predicted molar refractivity (Wildman–Crippen MR) is 117 cm³/mol. The number of fused-ring (bicyclic) bond motifs is 1. The number of nitrogens with zero attached hydrogens (tertiary/aromatic N) is 4. The van der Waals surface area contributed by atoms with Crippen molar-refractivity contribution in [2.75, 3.05) is 4.90 Å². The molecule has 1 unspecified atom stereocenters. The van der Waals surface area contributed by atoms with Crippen LogP contribution in [0.15, 0.2) is 77.8 Å². The molecule has 5 rings (SSSR count). The van der Waals surface area contributed by atoms with E-state index in [1.54, 1.807) is 29.4 Å². The number of para-hydroxylation sites is 1. The first-order valence-corrected chi connectivity index (χ1v) is 10.3. The summed E-state index contributed by atoms with van der Waals surface area (Å²) < 4.78 is 7.41. The van der Waals surface area contributed by atoms with Crippen molar-refractivity contribution in [3.05, 3.63) is 95.8 Å². The molecule has 7 heteroatoms. The van der Waals surface area contributed by atoms with E-state index in [4.69, 9.17) is 4.42 Å². The summed E-state index contributed by atoms with van der Waals surface area (Å²) in [7, 11) is 0. The van der Waals surface area contributed by atoms with Crippen molar-refractivity contribution in [1.29, 1.82) is 0 Å². The number of hydrogen-bond acceptors (Lipinski definition) is 5. The van der Waals surface area contributed by atoms with Gasteiger partial charge >= 0.3 is 0 Å². The molecule has 3 aromatic heterocycles. The Morgan fingerprint density at radius 3 is 2.94 bits per heavy atom. The molecule has 1 aromatic carbocycles. The number of pyridine rings is 1. The molecule has 0 aliphatic carbocycles. The van der Waals surface area contributed by atoms with Gasteiger partial charge in [-0.15, -0.1) is 0 Å². The number of carbonyl (C=O) groups excluding carboxylic acids is 1. The van der Waals surface area contributed by atoms with Crippen LogP contribution in [0, 0.1) is 0 Å². The van der Waals surface area contributed by atoms with Gasteiger partial charge in [0.1, 0.15) is 5.76 Å². The predicted octanol–water partition coefficient (Wildman–Crippen LogP) is 3.74. The number of benzene rings is 1. The van der Waals surface area contributed by atoms with Gasteiger partial charge in [-0.05, 0) is 43.2 Å². The number of amides is 1. The standard InChI is InChI=1S/C24H23N5O2/c1-17-14-18-6-2-3-8-21(18)28(17)16-22-20(9-13-31-22)24(30)26-15-19-7-4-10-25-23(19)29-12-5-11-27-29/h2-13,17H,14-16H2,1H3,(H,26,30). The zero-order chi connectivity index (χ0) is 21.2. The Hall–Kier alpha value is -3.87. The Bertz CT molecular complexity index is 1200. The van der Waals surface area contributed by atoms with Crippen LogP contribution < -0.4 is 10.2 Å². The molecule has 1 aliphatic heterocycles. The zero-order valence-electron chi connectivity index (χ0n) is 17.2. The molecule has 1 aliphatic rings. The van der Waals surface area contributed by atoms with Gasteiger partial charge in [0.25, 0.3) is 5.91 Å². The van der Waals surface area contributed by atoms with Crippen molar-refractivity contribution >= 4 is 11.6 Å². The summed E-state index contributed by atoms with van der Waals surface area (Å²) in [6, 6.07) is 16.1. The molecule has 4 aromatic rings. The van der Waals surface area contributed by atoms with Crippen molar-refractivity contribution in [3.63, 3.8) is 0 Å². The topological polar surface area (TPSA) is 76.2 Å². The van der Waals surface area contributed by atoms with Gasteiger partial charge in [0.15, 0.2) is 5.82 Å². The lowest BCUT2D eigenvalue weighted by Crippen LogP contribution is -2.30. The third kappa shape index (κ3) is 3.70. The van der Waals surface area contributed by atoms with Crippen molar-refractivity contribution in [2.24, 2.45) is 0 Å². The molecule has 1 N–H and O–H groups in total. The van der Waals surface area contributed by atoms with E-state index in [1.807, 2.05) is 30.5 Å². The minimum Gasteiger partial charge on any atom is -0.467 e. The summed E-state index contributed by atoms with van der Waals surface area (Å²) in [5, 5.41) is 7.24. The lowest BCUT2D eigenvalue weighted by atomic mass is 10.1. The second-order valence-electron chi connectivity index (χ2n) is 7.69. The van der Waals surface area contributed by atoms with E-state index >= 15 is 0 Å².